The first-order valence-electron chi connectivity index (χ1n) is 12.0. The fraction of sp³-hybridized carbons (Fsp3) is 0.241. The Bertz CT molecular complexity index is 1300. The van der Waals surface area contributed by atoms with Crippen molar-refractivity contribution in [1.82, 2.24) is 4.98 Å². The van der Waals surface area contributed by atoms with Crippen LogP contribution in [-0.2, 0) is 4.79 Å². The lowest BCUT2D eigenvalue weighted by molar-refractivity contribution is -0.121. The summed E-state index contributed by atoms with van der Waals surface area (Å²) in [6.07, 6.45) is 4.22. The number of nitrogens with one attached hydrogen (secondary N) is 3. The summed E-state index contributed by atoms with van der Waals surface area (Å²) in [5, 5.41) is 6.98. The highest BCUT2D eigenvalue weighted by molar-refractivity contribution is 6.06. The van der Waals surface area contributed by atoms with E-state index in [1.54, 1.807) is 0 Å². The molecule has 172 valence electrons. The van der Waals surface area contributed by atoms with Crippen LogP contribution in [0, 0.1) is 11.8 Å². The zero-order chi connectivity index (χ0) is 23.5. The van der Waals surface area contributed by atoms with Gasteiger partial charge in [-0.05, 0) is 85.7 Å². The van der Waals surface area contributed by atoms with E-state index in [1.165, 1.54) is 0 Å². The number of fused-ring (bicyclic) bond motifs is 1. The molecule has 1 heterocycles. The maximum atomic E-state index is 12.6. The highest BCUT2D eigenvalue weighted by atomic mass is 16.2. The van der Waals surface area contributed by atoms with Crippen LogP contribution >= 0.6 is 0 Å². The molecule has 4 aromatic rings. The third-order valence-electron chi connectivity index (χ3n) is 6.76. The fourth-order valence-electron chi connectivity index (χ4n) is 4.65. The summed E-state index contributed by atoms with van der Waals surface area (Å²) in [4.78, 5) is 28.7. The van der Waals surface area contributed by atoms with Gasteiger partial charge >= 0.3 is 0 Å². The number of amides is 2. The van der Waals surface area contributed by atoms with Gasteiger partial charge < -0.3 is 15.6 Å². The molecule has 1 saturated carbocycles. The van der Waals surface area contributed by atoms with E-state index < -0.39 is 0 Å². The van der Waals surface area contributed by atoms with Crippen LogP contribution in [0.5, 0.6) is 0 Å². The zero-order valence-electron chi connectivity index (χ0n) is 19.3. The van der Waals surface area contributed by atoms with Crippen molar-refractivity contribution in [3.63, 3.8) is 0 Å². The molecule has 0 unspecified atom stereocenters. The number of aromatic nitrogens is 1. The average Bonchev–Trinajstić information content (AvgIpc) is 3.29. The van der Waals surface area contributed by atoms with E-state index in [0.29, 0.717) is 5.56 Å². The van der Waals surface area contributed by atoms with Crippen LogP contribution in [-0.4, -0.2) is 16.8 Å². The van der Waals surface area contributed by atoms with Gasteiger partial charge in [-0.1, -0.05) is 37.3 Å². The second-order valence-corrected chi connectivity index (χ2v) is 9.33. The van der Waals surface area contributed by atoms with E-state index >= 15 is 0 Å². The number of anilines is 2. The number of hydrogen-bond donors (Lipinski definition) is 3. The summed E-state index contributed by atoms with van der Waals surface area (Å²) in [5.41, 5.74) is 5.16. The number of H-pyrrole nitrogens is 1. The number of aromatic amines is 1. The predicted molar refractivity (Wildman–Crippen MR) is 138 cm³/mol. The standard InChI is InChI=1S/C29H29N3O2/c1-19-7-9-21(10-8-19)28(33)31-25-14-11-20(12-15-25)27-18-23-17-22(13-16-26(23)32-27)29(34)30-24-5-3-2-4-6-24/h2-6,11-19,21,32H,7-10H2,1H3,(H,30,34)(H,31,33). The number of rotatable bonds is 5. The lowest BCUT2D eigenvalue weighted by Crippen LogP contribution is -2.26. The molecule has 0 atom stereocenters. The monoisotopic (exact) mass is 451 g/mol. The van der Waals surface area contributed by atoms with Crippen molar-refractivity contribution in [2.45, 2.75) is 32.6 Å². The zero-order valence-corrected chi connectivity index (χ0v) is 19.3. The van der Waals surface area contributed by atoms with Gasteiger partial charge in [0.1, 0.15) is 0 Å². The minimum Gasteiger partial charge on any atom is -0.355 e. The summed E-state index contributed by atoms with van der Waals surface area (Å²) in [5.74, 6) is 0.849. The summed E-state index contributed by atoms with van der Waals surface area (Å²) in [6, 6.07) is 25.0. The minimum absolute atomic E-state index is 0.123. The van der Waals surface area contributed by atoms with Gasteiger partial charge in [-0.15, -0.1) is 0 Å². The van der Waals surface area contributed by atoms with E-state index in [1.807, 2.05) is 78.9 Å². The van der Waals surface area contributed by atoms with Crippen LogP contribution in [0.25, 0.3) is 22.2 Å². The van der Waals surface area contributed by atoms with Gasteiger partial charge in [-0.2, -0.15) is 0 Å². The van der Waals surface area contributed by atoms with E-state index in [4.69, 9.17) is 0 Å². The van der Waals surface area contributed by atoms with Gasteiger partial charge in [0.05, 0.1) is 0 Å². The topological polar surface area (TPSA) is 74.0 Å². The third kappa shape index (κ3) is 4.88. The molecule has 0 aliphatic heterocycles. The molecule has 0 saturated heterocycles. The summed E-state index contributed by atoms with van der Waals surface area (Å²) in [7, 11) is 0. The molecule has 3 N–H and O–H groups in total. The molecule has 5 nitrogen and oxygen atoms in total. The van der Waals surface area contributed by atoms with E-state index in [-0.39, 0.29) is 17.7 Å². The SMILES string of the molecule is CC1CCC(C(=O)Nc2ccc(-c3cc4cc(C(=O)Nc5ccccc5)ccc4[nH]3)cc2)CC1. The van der Waals surface area contributed by atoms with Crippen LogP contribution in [0.1, 0.15) is 43.0 Å². The smallest absolute Gasteiger partial charge is 0.255 e. The predicted octanol–water partition coefficient (Wildman–Crippen LogP) is 6.85. The van der Waals surface area contributed by atoms with Gasteiger partial charge in [-0.3, -0.25) is 9.59 Å². The molecule has 0 spiro atoms. The number of carbonyl (C=O) groups is 2. The van der Waals surface area contributed by atoms with Gasteiger partial charge in [-0.25, -0.2) is 0 Å². The van der Waals surface area contributed by atoms with E-state index in [0.717, 1.165) is 65.1 Å². The van der Waals surface area contributed by atoms with Gasteiger partial charge in [0.15, 0.2) is 0 Å². The summed E-state index contributed by atoms with van der Waals surface area (Å²) < 4.78 is 0. The largest absolute Gasteiger partial charge is 0.355 e. The molecule has 3 aromatic carbocycles. The molecular formula is C29H29N3O2. The van der Waals surface area contributed by atoms with E-state index in [2.05, 4.69) is 22.5 Å². The molecule has 0 bridgehead atoms. The highest BCUT2D eigenvalue weighted by Gasteiger charge is 2.24. The molecule has 1 fully saturated rings. The van der Waals surface area contributed by atoms with Crippen molar-refractivity contribution in [3.05, 3.63) is 84.4 Å². The number of carbonyl (C=O) groups excluding carboxylic acids is 2. The number of benzene rings is 3. The molecule has 34 heavy (non-hydrogen) atoms. The Balaban J connectivity index is 1.27. The Morgan fingerprint density at radius 1 is 0.794 bits per heavy atom. The van der Waals surface area contributed by atoms with Crippen LogP contribution in [0.4, 0.5) is 11.4 Å². The second kappa shape index (κ2) is 9.56. The Morgan fingerprint density at radius 3 is 2.24 bits per heavy atom. The minimum atomic E-state index is -0.136. The Labute approximate surface area is 199 Å². The maximum absolute atomic E-state index is 12.6. The van der Waals surface area contributed by atoms with Crippen LogP contribution < -0.4 is 10.6 Å². The summed E-state index contributed by atoms with van der Waals surface area (Å²) >= 11 is 0. The molecule has 1 aliphatic rings. The lowest BCUT2D eigenvalue weighted by atomic mass is 9.82. The molecule has 2 amide bonds. The average molecular weight is 452 g/mol. The van der Waals surface area contributed by atoms with Crippen LogP contribution in [0.15, 0.2) is 78.9 Å². The van der Waals surface area contributed by atoms with Crippen LogP contribution in [0.3, 0.4) is 0 Å². The van der Waals surface area contributed by atoms with Gasteiger partial charge in [0.2, 0.25) is 5.91 Å². The first-order chi connectivity index (χ1) is 16.5. The van der Waals surface area contributed by atoms with Crippen molar-refractivity contribution in [1.29, 1.82) is 0 Å². The molecular weight excluding hydrogens is 422 g/mol. The van der Waals surface area contributed by atoms with Crippen molar-refractivity contribution in [2.24, 2.45) is 11.8 Å². The summed E-state index contributed by atoms with van der Waals surface area (Å²) in [6.45, 7) is 2.26. The quantitative estimate of drug-likeness (QED) is 0.310. The first-order valence-corrected chi connectivity index (χ1v) is 12.0. The normalized spacial score (nSPS) is 17.9. The second-order valence-electron chi connectivity index (χ2n) is 9.33. The Kier molecular flexibility index (Phi) is 6.17. The van der Waals surface area contributed by atoms with Crippen molar-refractivity contribution in [2.75, 3.05) is 10.6 Å². The fourth-order valence-corrected chi connectivity index (χ4v) is 4.65. The Morgan fingerprint density at radius 2 is 1.50 bits per heavy atom. The Hall–Kier alpha value is -3.86. The van der Waals surface area contributed by atoms with Crippen molar-refractivity contribution in [3.8, 4) is 11.3 Å². The van der Waals surface area contributed by atoms with E-state index in [9.17, 15) is 9.59 Å². The number of para-hydroxylation sites is 1. The molecule has 5 rings (SSSR count). The molecule has 1 aromatic heterocycles. The molecule has 1 aliphatic carbocycles. The third-order valence-corrected chi connectivity index (χ3v) is 6.76. The van der Waals surface area contributed by atoms with Gasteiger partial charge in [0.25, 0.3) is 5.91 Å². The van der Waals surface area contributed by atoms with Crippen molar-refractivity contribution >= 4 is 34.1 Å². The molecule has 0 radical (unpaired) electrons. The maximum Gasteiger partial charge on any atom is 0.255 e. The molecule has 5 heteroatoms. The van der Waals surface area contributed by atoms with Crippen molar-refractivity contribution < 1.29 is 9.59 Å². The van der Waals surface area contributed by atoms with Crippen LogP contribution in [0.2, 0.25) is 0 Å². The first kappa shape index (κ1) is 22.0. The highest BCUT2D eigenvalue weighted by Crippen LogP contribution is 2.30. The van der Waals surface area contributed by atoms with Gasteiger partial charge in [0, 0.05) is 39.5 Å². The number of hydrogen-bond acceptors (Lipinski definition) is 2. The lowest BCUT2D eigenvalue weighted by Gasteiger charge is -2.25.